The number of nitrogens with one attached hydrogen (secondary N) is 1. The summed E-state index contributed by atoms with van der Waals surface area (Å²) in [5, 5.41) is 9.15. The van der Waals surface area contributed by atoms with E-state index in [0.29, 0.717) is 46.2 Å². The largest absolute Gasteiger partial charge is 0.508 e. The van der Waals surface area contributed by atoms with Crippen molar-refractivity contribution in [3.05, 3.63) is 24.3 Å². The summed E-state index contributed by atoms with van der Waals surface area (Å²) in [5.41, 5.74) is 5.29. The van der Waals surface area contributed by atoms with Gasteiger partial charge in [-0.25, -0.2) is 0 Å². The molecule has 0 amide bonds. The van der Waals surface area contributed by atoms with Crippen molar-refractivity contribution < 1.29 is 19.3 Å². The molecule has 120 valence electrons. The van der Waals surface area contributed by atoms with E-state index in [1.807, 2.05) is 12.1 Å². The summed E-state index contributed by atoms with van der Waals surface area (Å²) in [6, 6.07) is 7.03. The Labute approximate surface area is 130 Å². The van der Waals surface area contributed by atoms with Crippen molar-refractivity contribution in [3.63, 3.8) is 0 Å². The summed E-state index contributed by atoms with van der Waals surface area (Å²) < 4.78 is 19.1. The first-order valence-corrected chi connectivity index (χ1v) is 7.76. The molecule has 0 saturated carbocycles. The smallest absolute Gasteiger partial charge is 0.115 e. The minimum absolute atomic E-state index is 0.274. The zero-order valence-electron chi connectivity index (χ0n) is 12.1. The Hall–Kier alpha value is -0.830. The van der Waals surface area contributed by atoms with E-state index < -0.39 is 0 Å². The van der Waals surface area contributed by atoms with E-state index >= 15 is 0 Å². The second-order valence-electron chi connectivity index (χ2n) is 4.12. The standard InChI is InChI=1S/C14H24N2O4S/c15-5-7-18-9-11-20-12-10-19-8-6-16-21-14-3-1-13(17)2-4-14/h1-4,16-17H,5-12,15H2. The minimum atomic E-state index is 0.274. The Morgan fingerprint density at radius 3 is 2.10 bits per heavy atom. The van der Waals surface area contributed by atoms with Crippen molar-refractivity contribution in [1.82, 2.24) is 4.72 Å². The predicted octanol–water partition coefficient (Wildman–Crippen LogP) is 0.997. The van der Waals surface area contributed by atoms with Crippen LogP contribution in [-0.2, 0) is 14.2 Å². The minimum Gasteiger partial charge on any atom is -0.508 e. The molecular weight excluding hydrogens is 292 g/mol. The quantitative estimate of drug-likeness (QED) is 0.370. The van der Waals surface area contributed by atoms with E-state index in [1.165, 1.54) is 11.9 Å². The molecule has 0 heterocycles. The van der Waals surface area contributed by atoms with Gasteiger partial charge in [0, 0.05) is 18.0 Å². The zero-order chi connectivity index (χ0) is 15.2. The Morgan fingerprint density at radius 1 is 0.905 bits per heavy atom. The second-order valence-corrected chi connectivity index (χ2v) is 5.08. The lowest BCUT2D eigenvalue weighted by Crippen LogP contribution is -2.16. The second kappa shape index (κ2) is 12.9. The molecule has 0 bridgehead atoms. The zero-order valence-corrected chi connectivity index (χ0v) is 12.9. The summed E-state index contributed by atoms with van der Waals surface area (Å²) in [4.78, 5) is 1.05. The van der Waals surface area contributed by atoms with Gasteiger partial charge in [-0.15, -0.1) is 0 Å². The fourth-order valence-corrected chi connectivity index (χ4v) is 2.01. The summed E-state index contributed by atoms with van der Waals surface area (Å²) in [6.45, 7) is 4.76. The van der Waals surface area contributed by atoms with Crippen LogP contribution in [0.25, 0.3) is 0 Å². The normalized spacial score (nSPS) is 10.9. The molecule has 0 atom stereocenters. The number of benzene rings is 1. The van der Waals surface area contributed by atoms with E-state index in [1.54, 1.807) is 12.1 Å². The Bertz CT molecular complexity index is 351. The average molecular weight is 316 g/mol. The topological polar surface area (TPSA) is 86.0 Å². The number of rotatable bonds is 13. The van der Waals surface area contributed by atoms with Crippen molar-refractivity contribution in [3.8, 4) is 5.75 Å². The van der Waals surface area contributed by atoms with E-state index in [-0.39, 0.29) is 5.75 Å². The third-order valence-corrected chi connectivity index (χ3v) is 3.24. The molecule has 4 N–H and O–H groups in total. The maximum Gasteiger partial charge on any atom is 0.115 e. The molecule has 21 heavy (non-hydrogen) atoms. The predicted molar refractivity (Wildman–Crippen MR) is 83.5 cm³/mol. The van der Waals surface area contributed by atoms with E-state index in [9.17, 15) is 0 Å². The van der Waals surface area contributed by atoms with Crippen molar-refractivity contribution in [2.24, 2.45) is 5.73 Å². The molecule has 0 fully saturated rings. The molecule has 0 aliphatic carbocycles. The van der Waals surface area contributed by atoms with Crippen LogP contribution in [-0.4, -0.2) is 57.8 Å². The Balaban J connectivity index is 1.81. The number of hydrogen-bond acceptors (Lipinski definition) is 7. The van der Waals surface area contributed by atoms with Crippen LogP contribution in [0.1, 0.15) is 0 Å². The van der Waals surface area contributed by atoms with Crippen LogP contribution in [0.4, 0.5) is 0 Å². The lowest BCUT2D eigenvalue weighted by atomic mass is 10.3. The Kier molecular flexibility index (Phi) is 11.2. The number of aromatic hydroxyl groups is 1. The summed E-state index contributed by atoms with van der Waals surface area (Å²) in [7, 11) is 0. The van der Waals surface area contributed by atoms with Crippen molar-refractivity contribution in [2.75, 3.05) is 52.7 Å². The van der Waals surface area contributed by atoms with Gasteiger partial charge in [0.15, 0.2) is 0 Å². The SMILES string of the molecule is NCCOCCOCCOCCNSc1ccc(O)cc1. The summed E-state index contributed by atoms with van der Waals surface area (Å²) in [5.74, 6) is 0.274. The monoisotopic (exact) mass is 316 g/mol. The van der Waals surface area contributed by atoms with Gasteiger partial charge in [-0.1, -0.05) is 0 Å². The molecule has 0 saturated heterocycles. The molecule has 1 aromatic carbocycles. The number of phenols is 1. The molecule has 0 unspecified atom stereocenters. The summed E-state index contributed by atoms with van der Waals surface area (Å²) >= 11 is 1.51. The van der Waals surface area contributed by atoms with Gasteiger partial charge in [0.25, 0.3) is 0 Å². The van der Waals surface area contributed by atoms with Crippen LogP contribution in [0.15, 0.2) is 29.2 Å². The lowest BCUT2D eigenvalue weighted by molar-refractivity contribution is 0.0172. The van der Waals surface area contributed by atoms with Crippen molar-refractivity contribution >= 4 is 11.9 Å². The molecule has 0 radical (unpaired) electrons. The fourth-order valence-electron chi connectivity index (χ4n) is 1.39. The third-order valence-electron chi connectivity index (χ3n) is 2.38. The molecular formula is C14H24N2O4S. The first-order valence-electron chi connectivity index (χ1n) is 6.95. The number of ether oxygens (including phenoxy) is 3. The first kappa shape index (κ1) is 18.2. The molecule has 1 rings (SSSR count). The maximum atomic E-state index is 9.15. The average Bonchev–Trinajstić information content (AvgIpc) is 2.50. The van der Waals surface area contributed by atoms with Gasteiger partial charge in [0.1, 0.15) is 5.75 Å². The molecule has 0 aliphatic heterocycles. The summed E-state index contributed by atoms with van der Waals surface area (Å²) in [6.07, 6.45) is 0. The van der Waals surface area contributed by atoms with Crippen molar-refractivity contribution in [2.45, 2.75) is 4.90 Å². The lowest BCUT2D eigenvalue weighted by Gasteiger charge is -2.07. The maximum absolute atomic E-state index is 9.15. The van der Waals surface area contributed by atoms with E-state index in [4.69, 9.17) is 25.1 Å². The molecule has 6 nitrogen and oxygen atoms in total. The van der Waals surface area contributed by atoms with Gasteiger partial charge >= 0.3 is 0 Å². The number of nitrogens with two attached hydrogens (primary N) is 1. The highest BCUT2D eigenvalue weighted by molar-refractivity contribution is 7.97. The van der Waals surface area contributed by atoms with Gasteiger partial charge in [0.05, 0.1) is 39.6 Å². The number of phenolic OH excluding ortho intramolecular Hbond substituents is 1. The third kappa shape index (κ3) is 10.5. The first-order chi connectivity index (χ1) is 10.3. The molecule has 0 aromatic heterocycles. The van der Waals surface area contributed by atoms with Crippen LogP contribution in [0.2, 0.25) is 0 Å². The van der Waals surface area contributed by atoms with E-state index in [0.717, 1.165) is 11.4 Å². The van der Waals surface area contributed by atoms with Gasteiger partial charge < -0.3 is 25.1 Å². The van der Waals surface area contributed by atoms with E-state index in [2.05, 4.69) is 4.72 Å². The highest BCUT2D eigenvalue weighted by atomic mass is 32.2. The number of hydrogen-bond donors (Lipinski definition) is 3. The highest BCUT2D eigenvalue weighted by Crippen LogP contribution is 2.17. The van der Waals surface area contributed by atoms with Crippen LogP contribution in [0, 0.1) is 0 Å². The Morgan fingerprint density at radius 2 is 1.48 bits per heavy atom. The fraction of sp³-hybridized carbons (Fsp3) is 0.571. The van der Waals surface area contributed by atoms with Crippen LogP contribution >= 0.6 is 11.9 Å². The highest BCUT2D eigenvalue weighted by Gasteiger charge is 1.95. The van der Waals surface area contributed by atoms with Gasteiger partial charge in [-0.05, 0) is 36.2 Å². The molecule has 0 spiro atoms. The van der Waals surface area contributed by atoms with Gasteiger partial charge in [-0.3, -0.25) is 4.72 Å². The van der Waals surface area contributed by atoms with Gasteiger partial charge in [-0.2, -0.15) is 0 Å². The van der Waals surface area contributed by atoms with Crippen LogP contribution < -0.4 is 10.5 Å². The molecule has 1 aromatic rings. The van der Waals surface area contributed by atoms with Crippen molar-refractivity contribution in [1.29, 1.82) is 0 Å². The van der Waals surface area contributed by atoms with Crippen LogP contribution in [0.5, 0.6) is 5.75 Å². The molecule has 0 aliphatic rings. The van der Waals surface area contributed by atoms with Crippen LogP contribution in [0.3, 0.4) is 0 Å². The van der Waals surface area contributed by atoms with Gasteiger partial charge in [0.2, 0.25) is 0 Å². The molecule has 7 heteroatoms.